The SMILES string of the molecule is CN1CCN(c2ccc(C(=O)Nc3[nH]nc4ncc(Sc5ccccc5C(N)=O)cc34)c(NC3CCOCC3)c2)CC1. The molecule has 0 atom stereocenters. The van der Waals surface area contributed by atoms with Gasteiger partial charge in [0, 0.05) is 72.8 Å². The Morgan fingerprint density at radius 3 is 2.62 bits per heavy atom. The van der Waals surface area contributed by atoms with Crippen LogP contribution >= 0.6 is 11.8 Å². The van der Waals surface area contributed by atoms with E-state index in [2.05, 4.69) is 48.7 Å². The summed E-state index contributed by atoms with van der Waals surface area (Å²) < 4.78 is 5.55. The zero-order valence-corrected chi connectivity index (χ0v) is 24.2. The van der Waals surface area contributed by atoms with E-state index in [0.29, 0.717) is 41.2 Å². The number of pyridine rings is 1. The van der Waals surface area contributed by atoms with Crippen LogP contribution in [0.3, 0.4) is 0 Å². The van der Waals surface area contributed by atoms with Crippen LogP contribution in [0.5, 0.6) is 0 Å². The number of benzene rings is 2. The van der Waals surface area contributed by atoms with Crippen molar-refractivity contribution in [2.45, 2.75) is 28.7 Å². The maximum absolute atomic E-state index is 13.7. The lowest BCUT2D eigenvalue weighted by atomic mass is 10.1. The molecule has 2 aromatic heterocycles. The van der Waals surface area contributed by atoms with Crippen molar-refractivity contribution in [2.75, 3.05) is 62.0 Å². The Kier molecular flexibility index (Phi) is 8.27. The molecule has 0 bridgehead atoms. The number of aromatic nitrogens is 3. The third-order valence-electron chi connectivity index (χ3n) is 7.70. The van der Waals surface area contributed by atoms with Gasteiger partial charge in [0.1, 0.15) is 5.82 Å². The number of hydrogen-bond donors (Lipinski definition) is 4. The number of aromatic amines is 1. The van der Waals surface area contributed by atoms with E-state index >= 15 is 0 Å². The molecule has 2 aliphatic rings. The van der Waals surface area contributed by atoms with Crippen LogP contribution in [0.2, 0.25) is 0 Å². The molecule has 2 aliphatic heterocycles. The van der Waals surface area contributed by atoms with Gasteiger partial charge >= 0.3 is 0 Å². The number of nitrogens with one attached hydrogen (secondary N) is 3. The van der Waals surface area contributed by atoms with E-state index in [1.807, 2.05) is 30.3 Å². The lowest BCUT2D eigenvalue weighted by Gasteiger charge is -2.34. The molecule has 0 unspecified atom stereocenters. The largest absolute Gasteiger partial charge is 0.381 e. The Bertz CT molecular complexity index is 1590. The van der Waals surface area contributed by atoms with E-state index in [1.54, 1.807) is 18.3 Å². The number of likely N-dealkylation sites (N-methyl/N-ethyl adjacent to an activating group) is 1. The number of rotatable bonds is 8. The van der Waals surface area contributed by atoms with E-state index in [1.165, 1.54) is 11.8 Å². The molecule has 2 aromatic carbocycles. The van der Waals surface area contributed by atoms with Gasteiger partial charge in [-0.1, -0.05) is 23.9 Å². The predicted octanol–water partition coefficient (Wildman–Crippen LogP) is 3.80. The van der Waals surface area contributed by atoms with E-state index in [-0.39, 0.29) is 11.9 Å². The van der Waals surface area contributed by atoms with Gasteiger partial charge in [-0.15, -0.1) is 0 Å². The number of fused-ring (bicyclic) bond motifs is 1. The second kappa shape index (κ2) is 12.4. The second-order valence-electron chi connectivity index (χ2n) is 10.6. The van der Waals surface area contributed by atoms with Gasteiger partial charge in [-0.3, -0.25) is 14.7 Å². The average molecular weight is 587 g/mol. The smallest absolute Gasteiger partial charge is 0.258 e. The zero-order valence-electron chi connectivity index (χ0n) is 23.4. The van der Waals surface area contributed by atoms with Crippen molar-refractivity contribution < 1.29 is 14.3 Å². The summed E-state index contributed by atoms with van der Waals surface area (Å²) in [4.78, 5) is 36.3. The van der Waals surface area contributed by atoms with Crippen molar-refractivity contribution >= 4 is 51.8 Å². The summed E-state index contributed by atoms with van der Waals surface area (Å²) >= 11 is 1.38. The van der Waals surface area contributed by atoms with Crippen LogP contribution < -0.4 is 21.3 Å². The van der Waals surface area contributed by atoms with Crippen LogP contribution in [0.25, 0.3) is 11.0 Å². The number of carbonyl (C=O) groups is 2. The number of anilines is 3. The molecule has 0 radical (unpaired) electrons. The first kappa shape index (κ1) is 28.0. The van der Waals surface area contributed by atoms with Gasteiger partial charge in [-0.25, -0.2) is 4.98 Å². The Labute approximate surface area is 248 Å². The lowest BCUT2D eigenvalue weighted by molar-refractivity contribution is 0.0904. The fraction of sp³-hybridized carbons (Fsp3) is 0.333. The van der Waals surface area contributed by atoms with E-state index < -0.39 is 5.91 Å². The number of primary amides is 1. The summed E-state index contributed by atoms with van der Waals surface area (Å²) in [6.07, 6.45) is 3.45. The molecule has 0 saturated carbocycles. The molecule has 6 rings (SSSR count). The van der Waals surface area contributed by atoms with Gasteiger partial charge in [0.15, 0.2) is 5.65 Å². The first-order chi connectivity index (χ1) is 20.4. The highest BCUT2D eigenvalue weighted by Crippen LogP contribution is 2.33. The third kappa shape index (κ3) is 6.20. The van der Waals surface area contributed by atoms with Crippen LogP contribution in [0, 0.1) is 0 Å². The highest BCUT2D eigenvalue weighted by molar-refractivity contribution is 7.99. The molecule has 12 heteroatoms. The molecule has 2 saturated heterocycles. The quantitative estimate of drug-likeness (QED) is 0.243. The monoisotopic (exact) mass is 586 g/mol. The molecule has 11 nitrogen and oxygen atoms in total. The predicted molar refractivity (Wildman–Crippen MR) is 165 cm³/mol. The van der Waals surface area contributed by atoms with Crippen LogP contribution in [-0.2, 0) is 4.74 Å². The highest BCUT2D eigenvalue weighted by atomic mass is 32.2. The average Bonchev–Trinajstić information content (AvgIpc) is 3.40. The summed E-state index contributed by atoms with van der Waals surface area (Å²) in [5, 5.41) is 14.5. The fourth-order valence-electron chi connectivity index (χ4n) is 5.27. The maximum Gasteiger partial charge on any atom is 0.258 e. The summed E-state index contributed by atoms with van der Waals surface area (Å²) in [5.74, 6) is -0.294. The number of amides is 2. The van der Waals surface area contributed by atoms with Crippen molar-refractivity contribution in [2.24, 2.45) is 5.73 Å². The Hall–Kier alpha value is -4.13. The Morgan fingerprint density at radius 2 is 1.83 bits per heavy atom. The number of nitrogens with two attached hydrogens (primary N) is 1. The normalized spacial score (nSPS) is 16.5. The molecule has 2 fully saturated rings. The highest BCUT2D eigenvalue weighted by Gasteiger charge is 2.22. The van der Waals surface area contributed by atoms with Crippen molar-refractivity contribution in [3.8, 4) is 0 Å². The van der Waals surface area contributed by atoms with Gasteiger partial charge in [0.2, 0.25) is 5.91 Å². The first-order valence-electron chi connectivity index (χ1n) is 14.1. The Morgan fingerprint density at radius 1 is 1.05 bits per heavy atom. The van der Waals surface area contributed by atoms with Gasteiger partial charge in [0.05, 0.1) is 16.5 Å². The molecule has 4 heterocycles. The van der Waals surface area contributed by atoms with E-state index in [4.69, 9.17) is 10.5 Å². The molecule has 42 heavy (non-hydrogen) atoms. The Balaban J connectivity index is 1.26. The van der Waals surface area contributed by atoms with Crippen LogP contribution in [0.15, 0.2) is 64.5 Å². The second-order valence-corrected chi connectivity index (χ2v) is 11.7. The molecular weight excluding hydrogens is 552 g/mol. The first-order valence-corrected chi connectivity index (χ1v) is 14.9. The number of nitrogens with zero attached hydrogens (tertiary/aromatic N) is 4. The van der Waals surface area contributed by atoms with Crippen molar-refractivity contribution in [3.63, 3.8) is 0 Å². The van der Waals surface area contributed by atoms with Gasteiger partial charge in [0.25, 0.3) is 5.91 Å². The van der Waals surface area contributed by atoms with Gasteiger partial charge in [-0.05, 0) is 56.3 Å². The molecule has 4 aromatic rings. The minimum Gasteiger partial charge on any atom is -0.381 e. The van der Waals surface area contributed by atoms with E-state index in [9.17, 15) is 9.59 Å². The molecule has 0 spiro atoms. The number of piperazine rings is 1. The summed E-state index contributed by atoms with van der Waals surface area (Å²) in [6.45, 7) is 5.29. The molecule has 218 valence electrons. The van der Waals surface area contributed by atoms with Crippen molar-refractivity contribution in [1.82, 2.24) is 20.1 Å². The summed E-state index contributed by atoms with van der Waals surface area (Å²) in [5.41, 5.74) is 8.93. The topological polar surface area (TPSA) is 141 Å². The van der Waals surface area contributed by atoms with Crippen LogP contribution in [-0.4, -0.2) is 84.4 Å². The van der Waals surface area contributed by atoms with Crippen molar-refractivity contribution in [1.29, 1.82) is 0 Å². The van der Waals surface area contributed by atoms with Crippen molar-refractivity contribution in [3.05, 3.63) is 65.9 Å². The number of carbonyl (C=O) groups excluding carboxylic acids is 2. The number of hydrogen-bond acceptors (Lipinski definition) is 9. The maximum atomic E-state index is 13.7. The minimum atomic E-state index is -0.493. The molecule has 2 amide bonds. The van der Waals surface area contributed by atoms with Gasteiger partial charge < -0.3 is 30.9 Å². The molecular formula is C30H34N8O3S. The molecule has 0 aliphatic carbocycles. The third-order valence-corrected chi connectivity index (χ3v) is 8.74. The lowest BCUT2D eigenvalue weighted by Crippen LogP contribution is -2.44. The standard InChI is InChI=1S/C30H34N8O3S/c1-37-10-12-38(13-11-37)20-6-7-22(25(16-20)33-19-8-14-41-15-9-19)30(40)34-29-24-17-21(18-32-28(24)35-36-29)42-26-5-3-2-4-23(26)27(31)39/h2-7,16-19,33H,8-15H2,1H3,(H2,31,39)(H2,32,34,35,36,40). The fourth-order valence-corrected chi connectivity index (χ4v) is 6.23. The van der Waals surface area contributed by atoms with Crippen LogP contribution in [0.4, 0.5) is 17.2 Å². The van der Waals surface area contributed by atoms with Gasteiger partial charge in [-0.2, -0.15) is 5.10 Å². The molecule has 5 N–H and O–H groups in total. The summed E-state index contributed by atoms with van der Waals surface area (Å²) in [7, 11) is 2.14. The number of ether oxygens (including phenoxy) is 1. The zero-order chi connectivity index (χ0) is 29.1. The summed E-state index contributed by atoms with van der Waals surface area (Å²) in [6, 6.07) is 15.3. The minimum absolute atomic E-state index is 0.230. The number of H-pyrrole nitrogens is 1. The van der Waals surface area contributed by atoms with E-state index in [0.717, 1.165) is 60.2 Å². The van der Waals surface area contributed by atoms with Crippen LogP contribution in [0.1, 0.15) is 33.6 Å².